The van der Waals surface area contributed by atoms with E-state index < -0.39 is 64.9 Å². The number of esters is 1. The quantitative estimate of drug-likeness (QED) is 0.0955. The number of thioether (sulfide) groups is 3. The van der Waals surface area contributed by atoms with Crippen LogP contribution in [-0.2, 0) is 46.6 Å². The Balaban J connectivity index is 1.22. The first-order chi connectivity index (χ1) is 24.6. The van der Waals surface area contributed by atoms with E-state index in [-0.39, 0.29) is 41.8 Å². The lowest BCUT2D eigenvalue weighted by Gasteiger charge is -2.51. The van der Waals surface area contributed by atoms with Gasteiger partial charge in [0.2, 0.25) is 11.8 Å². The van der Waals surface area contributed by atoms with Crippen LogP contribution in [0.4, 0.5) is 0 Å². The molecule has 26 heteroatoms. The van der Waals surface area contributed by atoms with Crippen LogP contribution in [0.25, 0.3) is 0 Å². The molecule has 3 N–H and O–H groups in total. The molecule has 0 radical (unpaired) electrons. The van der Waals surface area contributed by atoms with Crippen molar-refractivity contribution in [3.63, 3.8) is 0 Å². The van der Waals surface area contributed by atoms with Gasteiger partial charge in [0.25, 0.3) is 11.8 Å². The first-order valence-electron chi connectivity index (χ1n) is 14.8. The maximum Gasteiger partial charge on any atom is 0.355 e. The zero-order valence-corrected chi connectivity index (χ0v) is 29.3. The smallest absolute Gasteiger partial charge is 0.355 e. The Bertz CT molecular complexity index is 1970. The summed E-state index contributed by atoms with van der Waals surface area (Å²) in [5.41, 5.74) is 0.720. The third kappa shape index (κ3) is 6.89. The van der Waals surface area contributed by atoms with Crippen LogP contribution >= 0.6 is 46.6 Å². The number of tetrazole rings is 2. The van der Waals surface area contributed by atoms with Gasteiger partial charge >= 0.3 is 11.9 Å². The van der Waals surface area contributed by atoms with Gasteiger partial charge in [-0.05, 0) is 33.4 Å². The van der Waals surface area contributed by atoms with Gasteiger partial charge in [0.1, 0.15) is 65.5 Å². The van der Waals surface area contributed by atoms with Crippen molar-refractivity contribution in [3.8, 4) is 0 Å². The minimum absolute atomic E-state index is 0.0772. The van der Waals surface area contributed by atoms with Gasteiger partial charge in [-0.3, -0.25) is 29.0 Å². The Morgan fingerprint density at radius 1 is 1.04 bits per heavy atom. The number of aryl methyl sites for hydroxylation is 1. The SMILES string of the molecule is Cc1nnc(SCC2=C(C(=O)N3C4=C(COC4=O)CS[C@@H]3[C@H](NC(=O)Cn3cnnn3)C(=O)O)N3C(=O)[C@@H](NC(=O)Cn4cnnn4)[C@H]3SC2)s1. The van der Waals surface area contributed by atoms with Gasteiger partial charge < -0.3 is 20.5 Å². The largest absolute Gasteiger partial charge is 0.480 e. The number of carboxylic acids is 1. The number of carboxylic acid groups (broad SMARTS) is 1. The molecule has 22 nitrogen and oxygen atoms in total. The molecule has 4 amide bonds. The first kappa shape index (κ1) is 34.5. The number of cyclic esters (lactones) is 1. The number of ether oxygens (including phenoxy) is 1. The standard InChI is InChI=1S/C25H24N14O8S4/c1-10-30-31-25(51-10)50-7-12-6-49-21-15(28-13(40)2-36-8-26-32-34-36)19(42)38(21)17(12)20(43)39-18-11(4-47-24(18)46)5-48-22(39)16(23(44)45)29-14(41)3-37-9-27-33-35-37/h8-9,15-16,21-22H,2-7H2,1H3,(H,28,40)(H,29,41)(H,44,45)/t15-,16+,21-,22-/m1/s1. The number of hydrogen-bond acceptors (Lipinski definition) is 19. The number of carbonyl (C=O) groups is 6. The summed E-state index contributed by atoms with van der Waals surface area (Å²) < 4.78 is 8.16. The van der Waals surface area contributed by atoms with E-state index in [9.17, 15) is 33.9 Å². The van der Waals surface area contributed by atoms with Crippen LogP contribution in [0.1, 0.15) is 5.01 Å². The number of hydrogen-bond donors (Lipinski definition) is 3. The minimum Gasteiger partial charge on any atom is -0.480 e. The van der Waals surface area contributed by atoms with E-state index >= 15 is 0 Å². The number of nitrogens with one attached hydrogen (secondary N) is 2. The molecule has 4 atom stereocenters. The zero-order valence-electron chi connectivity index (χ0n) is 26.0. The van der Waals surface area contributed by atoms with Gasteiger partial charge in [-0.15, -0.1) is 43.9 Å². The maximum absolute atomic E-state index is 14.9. The van der Waals surface area contributed by atoms with Gasteiger partial charge in [-0.1, -0.05) is 23.1 Å². The van der Waals surface area contributed by atoms with Crippen molar-refractivity contribution in [1.29, 1.82) is 0 Å². The Morgan fingerprint density at radius 2 is 1.76 bits per heavy atom. The van der Waals surface area contributed by atoms with Gasteiger partial charge in [-0.2, -0.15) is 0 Å². The summed E-state index contributed by atoms with van der Waals surface area (Å²) in [5, 5.41) is 43.5. The molecular formula is C25H24N14O8S4. The van der Waals surface area contributed by atoms with Gasteiger partial charge in [0.05, 0.1) is 0 Å². The number of carbonyl (C=O) groups excluding carboxylic acids is 5. The molecule has 266 valence electrons. The van der Waals surface area contributed by atoms with Crippen molar-refractivity contribution in [2.75, 3.05) is 23.9 Å². The Labute approximate surface area is 302 Å². The summed E-state index contributed by atoms with van der Waals surface area (Å²) in [5.74, 6) is -4.50. The van der Waals surface area contributed by atoms with E-state index in [4.69, 9.17) is 4.74 Å². The highest BCUT2D eigenvalue weighted by molar-refractivity contribution is 8.02. The predicted octanol–water partition coefficient (Wildman–Crippen LogP) is -2.75. The van der Waals surface area contributed by atoms with Crippen LogP contribution < -0.4 is 10.6 Å². The number of rotatable bonds is 12. The van der Waals surface area contributed by atoms with Crippen molar-refractivity contribution in [2.24, 2.45) is 0 Å². The molecule has 4 aliphatic heterocycles. The average molecular weight is 777 g/mol. The molecule has 0 spiro atoms. The second-order valence-electron chi connectivity index (χ2n) is 11.1. The van der Waals surface area contributed by atoms with Gasteiger partial charge in [0.15, 0.2) is 10.4 Å². The molecule has 3 aromatic rings. The Hall–Kier alpha value is -4.95. The molecule has 0 aromatic carbocycles. The van der Waals surface area contributed by atoms with Crippen molar-refractivity contribution in [3.05, 3.63) is 40.2 Å². The fraction of sp³-hybridized carbons (Fsp3) is 0.440. The van der Waals surface area contributed by atoms with E-state index in [0.717, 1.165) is 26.4 Å². The monoisotopic (exact) mass is 776 g/mol. The lowest BCUT2D eigenvalue weighted by atomic mass is 10.0. The molecule has 7 heterocycles. The normalized spacial score (nSPS) is 21.9. The molecule has 7 rings (SSSR count). The molecule has 0 saturated carbocycles. The number of aromatic nitrogens is 10. The van der Waals surface area contributed by atoms with Crippen molar-refractivity contribution in [1.82, 2.24) is 71.0 Å². The summed E-state index contributed by atoms with van der Waals surface area (Å²) in [6.07, 6.45) is 2.42. The van der Waals surface area contributed by atoms with E-state index in [2.05, 4.69) is 51.9 Å². The van der Waals surface area contributed by atoms with Crippen LogP contribution in [-0.4, -0.2) is 148 Å². The molecule has 1 saturated heterocycles. The number of β-lactam (4-membered cyclic amide) rings is 1. The average Bonchev–Trinajstić information content (AvgIpc) is 3.94. The number of fused-ring (bicyclic) bond motifs is 1. The zero-order chi connectivity index (χ0) is 35.8. The Kier molecular flexibility index (Phi) is 9.71. The summed E-state index contributed by atoms with van der Waals surface area (Å²) in [6.45, 7) is 1.01. The van der Waals surface area contributed by atoms with Crippen LogP contribution in [0.15, 0.2) is 39.5 Å². The molecule has 3 aromatic heterocycles. The number of aliphatic carboxylic acids is 1. The van der Waals surface area contributed by atoms with E-state index in [1.54, 1.807) is 6.92 Å². The van der Waals surface area contributed by atoms with E-state index in [1.807, 2.05) is 0 Å². The fourth-order valence-electron chi connectivity index (χ4n) is 5.55. The van der Waals surface area contributed by atoms with Gasteiger partial charge in [0, 0.05) is 22.8 Å². The summed E-state index contributed by atoms with van der Waals surface area (Å²) >= 11 is 4.98. The van der Waals surface area contributed by atoms with E-state index in [0.29, 0.717) is 15.5 Å². The molecule has 0 aliphatic carbocycles. The van der Waals surface area contributed by atoms with Crippen LogP contribution in [0.2, 0.25) is 0 Å². The molecular weight excluding hydrogens is 753 g/mol. The van der Waals surface area contributed by atoms with Crippen LogP contribution in [0, 0.1) is 6.92 Å². The summed E-state index contributed by atoms with van der Waals surface area (Å²) in [4.78, 5) is 82.6. The topological polar surface area (TPSA) is 275 Å². The summed E-state index contributed by atoms with van der Waals surface area (Å²) in [6, 6.07) is -2.72. The molecule has 51 heavy (non-hydrogen) atoms. The lowest BCUT2D eigenvalue weighted by molar-refractivity contribution is -0.150. The molecule has 0 bridgehead atoms. The van der Waals surface area contributed by atoms with Crippen molar-refractivity contribution < 1.29 is 38.6 Å². The predicted molar refractivity (Wildman–Crippen MR) is 174 cm³/mol. The maximum atomic E-state index is 14.9. The minimum atomic E-state index is -1.72. The van der Waals surface area contributed by atoms with Crippen molar-refractivity contribution in [2.45, 2.75) is 47.2 Å². The highest BCUT2D eigenvalue weighted by atomic mass is 32.2. The lowest BCUT2D eigenvalue weighted by Crippen LogP contribution is -2.71. The number of amides is 4. The fourth-order valence-corrected chi connectivity index (χ4v) is 10.2. The van der Waals surface area contributed by atoms with Gasteiger partial charge in [-0.25, -0.2) is 19.0 Å². The molecule has 4 aliphatic rings. The van der Waals surface area contributed by atoms with Crippen LogP contribution in [0.5, 0.6) is 0 Å². The van der Waals surface area contributed by atoms with E-state index in [1.165, 1.54) is 57.1 Å². The van der Waals surface area contributed by atoms with Crippen LogP contribution in [0.3, 0.4) is 0 Å². The first-order valence-corrected chi connectivity index (χ1v) is 18.7. The molecule has 1 fully saturated rings. The van der Waals surface area contributed by atoms with Crippen molar-refractivity contribution >= 4 is 82.2 Å². The summed E-state index contributed by atoms with van der Waals surface area (Å²) in [7, 11) is 0. The second-order valence-corrected chi connectivity index (χ2v) is 15.7. The Morgan fingerprint density at radius 3 is 2.41 bits per heavy atom. The second kappa shape index (κ2) is 14.3. The third-order valence-electron chi connectivity index (χ3n) is 7.75. The highest BCUT2D eigenvalue weighted by Gasteiger charge is 2.56. The highest BCUT2D eigenvalue weighted by Crippen LogP contribution is 2.45. The molecule has 0 unspecified atom stereocenters. The number of nitrogens with zero attached hydrogens (tertiary/aromatic N) is 12. The third-order valence-corrected chi connectivity index (χ3v) is 12.5.